The lowest BCUT2D eigenvalue weighted by atomic mass is 9.94. The number of hydrogen-bond acceptors (Lipinski definition) is 3. The van der Waals surface area contributed by atoms with Gasteiger partial charge in [-0.2, -0.15) is 0 Å². The van der Waals surface area contributed by atoms with Crippen LogP contribution in [0.4, 0.5) is 5.69 Å². The SMILES string of the molecule is Cc1cc(C(=O)N2CC[C@H](O)C2)c(C=C2C(=O)Nc3cccc(-c4cccc(Cl)c4)c32)[nH]1. The first-order valence-electron chi connectivity index (χ1n) is 10.5. The third-order valence-electron chi connectivity index (χ3n) is 5.91. The second-order valence-electron chi connectivity index (χ2n) is 8.22. The van der Waals surface area contributed by atoms with Crippen molar-refractivity contribution in [1.29, 1.82) is 0 Å². The van der Waals surface area contributed by atoms with Gasteiger partial charge in [0.25, 0.3) is 11.8 Å². The Morgan fingerprint density at radius 3 is 2.78 bits per heavy atom. The van der Waals surface area contributed by atoms with Crippen LogP contribution in [-0.4, -0.2) is 46.0 Å². The van der Waals surface area contributed by atoms with Crippen LogP contribution in [0, 0.1) is 6.92 Å². The quantitative estimate of drug-likeness (QED) is 0.522. The van der Waals surface area contributed by atoms with E-state index in [1.807, 2.05) is 49.4 Å². The van der Waals surface area contributed by atoms with Crippen LogP contribution in [0.2, 0.25) is 5.02 Å². The summed E-state index contributed by atoms with van der Waals surface area (Å²) in [5.41, 5.74) is 5.66. The predicted molar refractivity (Wildman–Crippen MR) is 125 cm³/mol. The van der Waals surface area contributed by atoms with Crippen molar-refractivity contribution in [2.45, 2.75) is 19.4 Å². The van der Waals surface area contributed by atoms with Gasteiger partial charge >= 0.3 is 0 Å². The van der Waals surface area contributed by atoms with Crippen LogP contribution in [0.3, 0.4) is 0 Å². The molecule has 32 heavy (non-hydrogen) atoms. The number of β-amino-alcohol motifs (C(OH)–C–C–N with tert-alkyl or cyclic N) is 1. The molecule has 2 aromatic carbocycles. The Kier molecular flexibility index (Phi) is 5.12. The minimum atomic E-state index is -0.492. The molecular formula is C25H22ClN3O3. The van der Waals surface area contributed by atoms with E-state index in [2.05, 4.69) is 10.3 Å². The number of aliphatic hydroxyl groups is 1. The number of H-pyrrole nitrogens is 1. The summed E-state index contributed by atoms with van der Waals surface area (Å²) in [6.07, 6.45) is 1.82. The third-order valence-corrected chi connectivity index (χ3v) is 6.15. The number of aliphatic hydroxyl groups excluding tert-OH is 1. The van der Waals surface area contributed by atoms with Crippen molar-refractivity contribution in [1.82, 2.24) is 9.88 Å². The highest BCUT2D eigenvalue weighted by atomic mass is 35.5. The minimum Gasteiger partial charge on any atom is -0.391 e. The lowest BCUT2D eigenvalue weighted by Gasteiger charge is -2.15. The van der Waals surface area contributed by atoms with Gasteiger partial charge in [-0.15, -0.1) is 0 Å². The predicted octanol–water partition coefficient (Wildman–Crippen LogP) is 4.34. The summed E-state index contributed by atoms with van der Waals surface area (Å²) in [6.45, 7) is 2.71. The zero-order valence-electron chi connectivity index (χ0n) is 17.5. The third kappa shape index (κ3) is 3.61. The number of fused-ring (bicyclic) bond motifs is 1. The Morgan fingerprint density at radius 2 is 2.03 bits per heavy atom. The number of aromatic amines is 1. The number of carbonyl (C=O) groups is 2. The molecule has 1 aromatic heterocycles. The van der Waals surface area contributed by atoms with Crippen molar-refractivity contribution in [3.8, 4) is 11.1 Å². The summed E-state index contributed by atoms with van der Waals surface area (Å²) in [4.78, 5) is 30.9. The Labute approximate surface area is 190 Å². The molecule has 2 amide bonds. The fourth-order valence-electron chi connectivity index (χ4n) is 4.43. The van der Waals surface area contributed by atoms with Crippen LogP contribution in [0.15, 0.2) is 48.5 Å². The zero-order chi connectivity index (χ0) is 22.4. The number of halogens is 1. The fraction of sp³-hybridized carbons (Fsp3) is 0.200. The van der Waals surface area contributed by atoms with Gasteiger partial charge in [-0.05, 0) is 54.8 Å². The number of benzene rings is 2. The van der Waals surface area contributed by atoms with Gasteiger partial charge in [0.1, 0.15) is 0 Å². The molecule has 0 unspecified atom stereocenters. The number of nitrogens with one attached hydrogen (secondary N) is 2. The summed E-state index contributed by atoms with van der Waals surface area (Å²) in [6, 6.07) is 15.0. The van der Waals surface area contributed by atoms with Gasteiger partial charge in [-0.25, -0.2) is 0 Å². The van der Waals surface area contributed by atoms with Gasteiger partial charge in [-0.3, -0.25) is 9.59 Å². The molecular weight excluding hydrogens is 426 g/mol. The van der Waals surface area contributed by atoms with Crippen molar-refractivity contribution in [2.75, 3.05) is 18.4 Å². The first kappa shape index (κ1) is 20.5. The van der Waals surface area contributed by atoms with E-state index in [-0.39, 0.29) is 11.8 Å². The minimum absolute atomic E-state index is 0.153. The van der Waals surface area contributed by atoms with Crippen molar-refractivity contribution in [3.05, 3.63) is 76.1 Å². The van der Waals surface area contributed by atoms with Crippen LogP contribution in [0.1, 0.15) is 33.7 Å². The van der Waals surface area contributed by atoms with E-state index in [0.29, 0.717) is 41.4 Å². The Hall–Kier alpha value is -3.35. The molecule has 162 valence electrons. The number of hydrogen-bond donors (Lipinski definition) is 3. The molecule has 6 nitrogen and oxygen atoms in total. The van der Waals surface area contributed by atoms with E-state index in [1.54, 1.807) is 17.0 Å². The van der Waals surface area contributed by atoms with Gasteiger partial charge in [0.05, 0.1) is 22.9 Å². The number of rotatable bonds is 3. The average molecular weight is 448 g/mol. The molecule has 1 fully saturated rings. The zero-order valence-corrected chi connectivity index (χ0v) is 18.2. The first-order valence-corrected chi connectivity index (χ1v) is 10.9. The first-order chi connectivity index (χ1) is 15.4. The second kappa shape index (κ2) is 7.97. The standard InChI is InChI=1S/C25H22ClN3O3/c1-14-10-19(25(32)29-9-8-17(30)13-29)22(27-14)12-20-23-18(15-4-2-5-16(26)11-15)6-3-7-21(23)28-24(20)31/h2-7,10-12,17,27,30H,8-9,13H2,1H3,(H,28,31)/t17-/m0/s1. The Bertz CT molecular complexity index is 1280. The Balaban J connectivity index is 1.61. The summed E-state index contributed by atoms with van der Waals surface area (Å²) in [5, 5.41) is 13.4. The molecule has 0 saturated carbocycles. The Morgan fingerprint density at radius 1 is 1.22 bits per heavy atom. The summed E-state index contributed by atoms with van der Waals surface area (Å²) in [7, 11) is 0. The molecule has 0 bridgehead atoms. The molecule has 1 saturated heterocycles. The van der Waals surface area contributed by atoms with Gasteiger partial charge in [0.2, 0.25) is 0 Å². The lowest BCUT2D eigenvalue weighted by Crippen LogP contribution is -2.29. The van der Waals surface area contributed by atoms with Crippen molar-refractivity contribution in [2.24, 2.45) is 0 Å². The summed E-state index contributed by atoms with van der Waals surface area (Å²) >= 11 is 6.21. The van der Waals surface area contributed by atoms with Crippen LogP contribution < -0.4 is 5.32 Å². The van der Waals surface area contributed by atoms with E-state index in [9.17, 15) is 14.7 Å². The van der Waals surface area contributed by atoms with Crippen LogP contribution in [0.5, 0.6) is 0 Å². The van der Waals surface area contributed by atoms with Crippen LogP contribution >= 0.6 is 11.6 Å². The molecule has 0 spiro atoms. The molecule has 2 aliphatic rings. The van der Waals surface area contributed by atoms with Gasteiger partial charge < -0.3 is 20.3 Å². The molecule has 7 heteroatoms. The topological polar surface area (TPSA) is 85.4 Å². The molecule has 3 aromatic rings. The molecule has 5 rings (SSSR count). The normalized spacial score (nSPS) is 18.8. The molecule has 3 N–H and O–H groups in total. The smallest absolute Gasteiger partial charge is 0.256 e. The van der Waals surface area contributed by atoms with Gasteiger partial charge in [0.15, 0.2) is 0 Å². The molecule has 3 heterocycles. The van der Waals surface area contributed by atoms with Crippen molar-refractivity contribution >= 4 is 40.8 Å². The number of carbonyl (C=O) groups excluding carboxylic acids is 2. The summed E-state index contributed by atoms with van der Waals surface area (Å²) < 4.78 is 0. The van der Waals surface area contributed by atoms with Gasteiger partial charge in [0, 0.05) is 35.1 Å². The molecule has 1 atom stereocenters. The number of aromatic nitrogens is 1. The summed E-state index contributed by atoms with van der Waals surface area (Å²) in [5.74, 6) is -0.378. The fourth-order valence-corrected chi connectivity index (χ4v) is 4.62. The van der Waals surface area contributed by atoms with Crippen molar-refractivity contribution < 1.29 is 14.7 Å². The van der Waals surface area contributed by atoms with Crippen LogP contribution in [0.25, 0.3) is 22.8 Å². The lowest BCUT2D eigenvalue weighted by molar-refractivity contribution is -0.110. The number of nitrogens with zero attached hydrogens (tertiary/aromatic N) is 1. The largest absolute Gasteiger partial charge is 0.391 e. The van der Waals surface area contributed by atoms with Crippen molar-refractivity contribution in [3.63, 3.8) is 0 Å². The molecule has 0 aliphatic carbocycles. The maximum atomic E-state index is 13.1. The van der Waals surface area contributed by atoms with E-state index in [4.69, 9.17) is 11.6 Å². The van der Waals surface area contributed by atoms with Crippen LogP contribution in [-0.2, 0) is 4.79 Å². The molecule has 0 radical (unpaired) electrons. The maximum Gasteiger partial charge on any atom is 0.256 e. The monoisotopic (exact) mass is 447 g/mol. The van der Waals surface area contributed by atoms with E-state index >= 15 is 0 Å². The van der Waals surface area contributed by atoms with E-state index < -0.39 is 6.10 Å². The second-order valence-corrected chi connectivity index (χ2v) is 8.66. The number of amides is 2. The number of likely N-dealkylation sites (tertiary alicyclic amines) is 1. The highest BCUT2D eigenvalue weighted by molar-refractivity contribution is 6.36. The van der Waals surface area contributed by atoms with E-state index in [1.165, 1.54) is 0 Å². The molecule has 2 aliphatic heterocycles. The number of anilines is 1. The maximum absolute atomic E-state index is 13.1. The highest BCUT2D eigenvalue weighted by Crippen LogP contribution is 2.41. The highest BCUT2D eigenvalue weighted by Gasteiger charge is 2.30. The average Bonchev–Trinajstić information content (AvgIpc) is 3.45. The van der Waals surface area contributed by atoms with E-state index in [0.717, 1.165) is 28.1 Å². The number of aryl methyl sites for hydroxylation is 1. The van der Waals surface area contributed by atoms with Gasteiger partial charge in [-0.1, -0.05) is 35.9 Å².